The van der Waals surface area contributed by atoms with Crippen molar-refractivity contribution in [2.75, 3.05) is 19.6 Å². The quantitative estimate of drug-likeness (QED) is 0.602. The topological polar surface area (TPSA) is 69.7 Å². The second kappa shape index (κ2) is 7.05. The zero-order valence-electron chi connectivity index (χ0n) is 14.1. The van der Waals surface area contributed by atoms with Crippen molar-refractivity contribution in [2.45, 2.75) is 44.3 Å². The van der Waals surface area contributed by atoms with Gasteiger partial charge in [0.15, 0.2) is 0 Å². The fourth-order valence-corrected chi connectivity index (χ4v) is 3.28. The van der Waals surface area contributed by atoms with Gasteiger partial charge in [-0.15, -0.1) is 6.58 Å². The molecule has 1 saturated carbocycles. The number of amides is 4. The number of carbonyl (C=O) groups excluding carboxylic acids is 3. The monoisotopic (exact) mass is 361 g/mol. The summed E-state index contributed by atoms with van der Waals surface area (Å²) in [5.41, 5.74) is -1.02. The third-order valence-electron chi connectivity index (χ3n) is 4.74. The van der Waals surface area contributed by atoms with E-state index in [1.54, 1.807) is 0 Å². The number of nitrogens with one attached hydrogen (secondary N) is 1. The highest BCUT2D eigenvalue weighted by atomic mass is 19.4. The lowest BCUT2D eigenvalue weighted by atomic mass is 9.77. The molecule has 25 heavy (non-hydrogen) atoms. The van der Waals surface area contributed by atoms with Crippen LogP contribution >= 0.6 is 0 Å². The van der Waals surface area contributed by atoms with Gasteiger partial charge in [-0.3, -0.25) is 14.5 Å². The van der Waals surface area contributed by atoms with Gasteiger partial charge in [-0.1, -0.05) is 13.0 Å². The molecule has 0 radical (unpaired) electrons. The molecule has 1 aliphatic heterocycles. The first-order chi connectivity index (χ1) is 11.6. The number of urea groups is 1. The predicted octanol–water partition coefficient (Wildman–Crippen LogP) is 2.06. The van der Waals surface area contributed by atoms with Gasteiger partial charge in [-0.2, -0.15) is 13.2 Å². The van der Waals surface area contributed by atoms with E-state index in [-0.39, 0.29) is 6.54 Å². The molecule has 1 N–H and O–H groups in total. The zero-order chi connectivity index (χ0) is 18.8. The zero-order valence-corrected chi connectivity index (χ0v) is 14.1. The van der Waals surface area contributed by atoms with Crippen LogP contribution in [0.1, 0.15) is 32.6 Å². The van der Waals surface area contributed by atoms with Crippen LogP contribution < -0.4 is 5.32 Å². The minimum atomic E-state index is -4.57. The summed E-state index contributed by atoms with van der Waals surface area (Å²) >= 11 is 0. The van der Waals surface area contributed by atoms with Crippen LogP contribution in [0.3, 0.4) is 0 Å². The third-order valence-corrected chi connectivity index (χ3v) is 4.74. The number of rotatable bonds is 5. The molecule has 2 rings (SSSR count). The van der Waals surface area contributed by atoms with E-state index >= 15 is 0 Å². The van der Waals surface area contributed by atoms with Crippen molar-refractivity contribution in [3.63, 3.8) is 0 Å². The molecule has 1 heterocycles. The Morgan fingerprint density at radius 2 is 2.00 bits per heavy atom. The lowest BCUT2D eigenvalue weighted by Gasteiger charge is -2.33. The second-order valence-electron chi connectivity index (χ2n) is 6.76. The van der Waals surface area contributed by atoms with Gasteiger partial charge in [0, 0.05) is 6.54 Å². The third kappa shape index (κ3) is 4.32. The van der Waals surface area contributed by atoms with Gasteiger partial charge in [-0.05, 0) is 31.6 Å². The van der Waals surface area contributed by atoms with Gasteiger partial charge in [0.1, 0.15) is 18.6 Å². The van der Waals surface area contributed by atoms with Gasteiger partial charge in [0.2, 0.25) is 5.91 Å². The second-order valence-corrected chi connectivity index (χ2v) is 6.76. The van der Waals surface area contributed by atoms with Crippen LogP contribution in [0.15, 0.2) is 12.7 Å². The highest BCUT2D eigenvalue weighted by Gasteiger charge is 2.52. The molecule has 4 amide bonds. The highest BCUT2D eigenvalue weighted by Crippen LogP contribution is 2.36. The van der Waals surface area contributed by atoms with Gasteiger partial charge in [0.05, 0.1) is 0 Å². The lowest BCUT2D eigenvalue weighted by molar-refractivity contribution is -0.161. The Bertz CT molecular complexity index is 569. The SMILES string of the molecule is C=CCN(CC(F)(F)F)C(=O)CN1C(=O)NC2(CCC(C)CC2)C1=O. The van der Waals surface area contributed by atoms with Crippen LogP contribution in [-0.2, 0) is 9.59 Å². The van der Waals surface area contributed by atoms with E-state index in [9.17, 15) is 27.6 Å². The minimum absolute atomic E-state index is 0.315. The smallest absolute Gasteiger partial charge is 0.328 e. The van der Waals surface area contributed by atoms with Gasteiger partial charge in [-0.25, -0.2) is 4.79 Å². The Hall–Kier alpha value is -2.06. The molecule has 9 heteroatoms. The summed E-state index contributed by atoms with van der Waals surface area (Å²) in [4.78, 5) is 38.2. The number of nitrogens with zero attached hydrogens (tertiary/aromatic N) is 2. The Kier molecular flexibility index (Phi) is 5.43. The molecule has 0 bridgehead atoms. The molecule has 0 aromatic heterocycles. The van der Waals surface area contributed by atoms with Gasteiger partial charge in [0.25, 0.3) is 5.91 Å². The van der Waals surface area contributed by atoms with E-state index in [0.29, 0.717) is 23.7 Å². The molecule has 2 fully saturated rings. The summed E-state index contributed by atoms with van der Waals surface area (Å²) in [5.74, 6) is -1.02. The van der Waals surface area contributed by atoms with E-state index in [0.717, 1.165) is 17.7 Å². The average molecular weight is 361 g/mol. The summed E-state index contributed by atoms with van der Waals surface area (Å²) in [6, 6.07) is -0.724. The number of hydrogen-bond acceptors (Lipinski definition) is 3. The average Bonchev–Trinajstić information content (AvgIpc) is 2.73. The maximum atomic E-state index is 12.6. The van der Waals surface area contributed by atoms with Crippen molar-refractivity contribution in [1.82, 2.24) is 15.1 Å². The Morgan fingerprint density at radius 3 is 2.52 bits per heavy atom. The largest absolute Gasteiger partial charge is 0.406 e. The first-order valence-corrected chi connectivity index (χ1v) is 8.17. The van der Waals surface area contributed by atoms with Crippen molar-refractivity contribution in [2.24, 2.45) is 5.92 Å². The lowest BCUT2D eigenvalue weighted by Crippen LogP contribution is -2.50. The van der Waals surface area contributed by atoms with Crippen LogP contribution in [0.25, 0.3) is 0 Å². The number of imide groups is 1. The molecular weight excluding hydrogens is 339 g/mol. The number of alkyl halides is 3. The summed E-state index contributed by atoms with van der Waals surface area (Å²) in [6.45, 7) is 2.91. The molecule has 1 saturated heterocycles. The van der Waals surface area contributed by atoms with E-state index in [4.69, 9.17) is 0 Å². The van der Waals surface area contributed by atoms with E-state index in [1.807, 2.05) is 0 Å². The standard InChI is InChI=1S/C16H22F3N3O3/c1-3-8-21(10-16(17,18)19)12(23)9-22-13(24)15(20-14(22)25)6-4-11(2)5-7-15/h3,11H,1,4-10H2,2H3,(H,20,25). The fraction of sp³-hybridized carbons (Fsp3) is 0.688. The Morgan fingerprint density at radius 1 is 1.40 bits per heavy atom. The maximum Gasteiger partial charge on any atom is 0.406 e. The molecule has 2 aliphatic rings. The fourth-order valence-electron chi connectivity index (χ4n) is 3.28. The number of halogens is 3. The molecule has 1 spiro atoms. The van der Waals surface area contributed by atoms with Crippen molar-refractivity contribution >= 4 is 17.8 Å². The maximum absolute atomic E-state index is 12.6. The molecule has 6 nitrogen and oxygen atoms in total. The minimum Gasteiger partial charge on any atom is -0.328 e. The van der Waals surface area contributed by atoms with Crippen molar-refractivity contribution in [3.8, 4) is 0 Å². The van der Waals surface area contributed by atoms with E-state index < -0.39 is 42.7 Å². The van der Waals surface area contributed by atoms with E-state index in [2.05, 4.69) is 18.8 Å². The summed E-state index contributed by atoms with van der Waals surface area (Å²) in [6.07, 6.45) is -0.921. The summed E-state index contributed by atoms with van der Waals surface area (Å²) in [5, 5.41) is 2.64. The molecule has 0 atom stereocenters. The predicted molar refractivity (Wildman–Crippen MR) is 83.4 cm³/mol. The van der Waals surface area contributed by atoms with Crippen molar-refractivity contribution in [1.29, 1.82) is 0 Å². The van der Waals surface area contributed by atoms with Crippen LogP contribution in [0.5, 0.6) is 0 Å². The van der Waals surface area contributed by atoms with Gasteiger partial charge < -0.3 is 10.2 Å². The molecular formula is C16H22F3N3O3. The summed E-state index contributed by atoms with van der Waals surface area (Å²) in [7, 11) is 0. The Labute approximate surface area is 144 Å². The molecule has 1 aliphatic carbocycles. The van der Waals surface area contributed by atoms with Crippen molar-refractivity contribution < 1.29 is 27.6 Å². The Balaban J connectivity index is 2.08. The van der Waals surface area contributed by atoms with Crippen LogP contribution in [-0.4, -0.2) is 59.0 Å². The molecule has 0 aromatic carbocycles. The molecule has 0 unspecified atom stereocenters. The number of carbonyl (C=O) groups is 3. The van der Waals surface area contributed by atoms with Crippen LogP contribution in [0.4, 0.5) is 18.0 Å². The highest BCUT2D eigenvalue weighted by molar-refractivity contribution is 6.09. The van der Waals surface area contributed by atoms with Crippen LogP contribution in [0.2, 0.25) is 0 Å². The number of hydrogen-bond donors (Lipinski definition) is 1. The van der Waals surface area contributed by atoms with E-state index in [1.165, 1.54) is 6.08 Å². The molecule has 0 aromatic rings. The normalized spacial score (nSPS) is 26.7. The van der Waals surface area contributed by atoms with Crippen LogP contribution in [0, 0.1) is 5.92 Å². The van der Waals surface area contributed by atoms with Gasteiger partial charge >= 0.3 is 12.2 Å². The molecule has 140 valence electrons. The first-order valence-electron chi connectivity index (χ1n) is 8.17. The van der Waals surface area contributed by atoms with Crippen molar-refractivity contribution in [3.05, 3.63) is 12.7 Å². The first kappa shape index (κ1) is 19.3. The summed E-state index contributed by atoms with van der Waals surface area (Å²) < 4.78 is 37.8.